The smallest absolute Gasteiger partial charge is 0.307 e. The molecule has 2 aromatic rings. The van der Waals surface area contributed by atoms with Gasteiger partial charge in [-0.05, 0) is 17.5 Å². The molecular weight excluding hydrogens is 326 g/mol. The molecule has 2 rings (SSSR count). The predicted octanol–water partition coefficient (Wildman–Crippen LogP) is 4.24. The highest BCUT2D eigenvalue weighted by Crippen LogP contribution is 2.27. The van der Waals surface area contributed by atoms with E-state index in [9.17, 15) is 23.5 Å². The first-order chi connectivity index (χ1) is 11.8. The summed E-state index contributed by atoms with van der Waals surface area (Å²) >= 11 is 0. The van der Waals surface area contributed by atoms with E-state index >= 15 is 0 Å². The van der Waals surface area contributed by atoms with Crippen LogP contribution in [0.15, 0.2) is 54.6 Å². The van der Waals surface area contributed by atoms with Crippen LogP contribution in [-0.4, -0.2) is 16.9 Å². The van der Waals surface area contributed by atoms with Gasteiger partial charge in [-0.1, -0.05) is 54.6 Å². The highest BCUT2D eigenvalue weighted by Gasteiger charge is 2.24. The van der Waals surface area contributed by atoms with E-state index < -0.39 is 17.8 Å². The van der Waals surface area contributed by atoms with Crippen molar-refractivity contribution in [2.24, 2.45) is 5.92 Å². The van der Waals surface area contributed by atoms with E-state index in [1.54, 1.807) is 0 Å². The molecule has 0 aromatic heterocycles. The first-order valence-corrected chi connectivity index (χ1v) is 8.01. The van der Waals surface area contributed by atoms with Crippen molar-refractivity contribution in [2.75, 3.05) is 0 Å². The molecule has 0 heterocycles. The topological polar surface area (TPSA) is 54.4 Å². The van der Waals surface area contributed by atoms with E-state index in [1.165, 1.54) is 24.3 Å². The van der Waals surface area contributed by atoms with Crippen molar-refractivity contribution in [3.8, 4) is 0 Å². The average molecular weight is 346 g/mol. The van der Waals surface area contributed by atoms with Gasteiger partial charge in [0, 0.05) is 25.3 Å². The number of hydrogen-bond acceptors (Lipinski definition) is 2. The fourth-order valence-corrected chi connectivity index (χ4v) is 2.64. The summed E-state index contributed by atoms with van der Waals surface area (Å²) in [6.07, 6.45) is 0.229. The van der Waals surface area contributed by atoms with Crippen molar-refractivity contribution in [2.45, 2.75) is 32.1 Å². The fourth-order valence-electron chi connectivity index (χ4n) is 2.64. The number of hydrogen-bond donors (Lipinski definition) is 1. The molecular formula is C20H20F2O3. The van der Waals surface area contributed by atoms with Gasteiger partial charge in [-0.25, -0.2) is 8.78 Å². The number of carbonyl (C=O) groups excluding carboxylic acids is 1. The molecule has 2 aromatic carbocycles. The van der Waals surface area contributed by atoms with Gasteiger partial charge in [0.05, 0.1) is 5.92 Å². The van der Waals surface area contributed by atoms with Gasteiger partial charge < -0.3 is 5.11 Å². The molecule has 5 heteroatoms. The van der Waals surface area contributed by atoms with Crippen molar-refractivity contribution in [1.29, 1.82) is 0 Å². The Hall–Kier alpha value is -2.56. The number of ketones is 1. The monoisotopic (exact) mass is 346 g/mol. The molecule has 0 saturated heterocycles. The van der Waals surface area contributed by atoms with Crippen LogP contribution in [0, 0.1) is 5.92 Å². The molecule has 0 saturated carbocycles. The number of halogens is 2. The number of carboxylic acid groups (broad SMARTS) is 1. The Labute approximate surface area is 145 Å². The lowest BCUT2D eigenvalue weighted by molar-refractivity contribution is -0.143. The van der Waals surface area contributed by atoms with Crippen LogP contribution in [0.2, 0.25) is 0 Å². The van der Waals surface area contributed by atoms with Crippen molar-refractivity contribution >= 4 is 11.8 Å². The van der Waals surface area contributed by atoms with Crippen LogP contribution in [0.4, 0.5) is 8.78 Å². The zero-order valence-corrected chi connectivity index (χ0v) is 13.9. The zero-order chi connectivity index (χ0) is 18.4. The second kappa shape index (κ2) is 8.01. The standard InChI is InChI=1S/C20H20F2O3/c1-20(21,22)17-9-7-15(8-10-17)12-18(23)13-16(19(24)25)11-14-5-3-2-4-6-14/h2-10,16H,11-13H2,1H3,(H,24,25). The minimum absolute atomic E-state index is 0.0358. The summed E-state index contributed by atoms with van der Waals surface area (Å²) in [6.45, 7) is 0.814. The first kappa shape index (κ1) is 18.8. The molecule has 0 aliphatic heterocycles. The molecule has 0 bridgehead atoms. The maximum absolute atomic E-state index is 13.2. The van der Waals surface area contributed by atoms with E-state index in [2.05, 4.69) is 0 Å². The maximum Gasteiger partial charge on any atom is 0.307 e. The highest BCUT2D eigenvalue weighted by atomic mass is 19.3. The largest absolute Gasteiger partial charge is 0.481 e. The molecule has 0 fully saturated rings. The van der Waals surface area contributed by atoms with Gasteiger partial charge >= 0.3 is 5.97 Å². The number of Topliss-reactive ketones (excluding diaryl/α,β-unsaturated/α-hetero) is 1. The molecule has 0 radical (unpaired) electrons. The number of rotatable bonds is 8. The van der Waals surface area contributed by atoms with Crippen LogP contribution < -0.4 is 0 Å². The van der Waals surface area contributed by atoms with Crippen LogP contribution in [-0.2, 0) is 28.4 Å². The van der Waals surface area contributed by atoms with E-state index in [4.69, 9.17) is 0 Å². The van der Waals surface area contributed by atoms with Crippen molar-refractivity contribution in [3.63, 3.8) is 0 Å². The lowest BCUT2D eigenvalue weighted by Gasteiger charge is -2.13. The summed E-state index contributed by atoms with van der Waals surface area (Å²) in [5.74, 6) is -4.96. The number of carboxylic acids is 1. The fraction of sp³-hybridized carbons (Fsp3) is 0.300. The summed E-state index contributed by atoms with van der Waals surface area (Å²) in [5.41, 5.74) is 1.34. The van der Waals surface area contributed by atoms with Gasteiger partial charge in [0.15, 0.2) is 0 Å². The zero-order valence-electron chi connectivity index (χ0n) is 13.9. The normalized spacial score (nSPS) is 12.6. The second-order valence-corrected chi connectivity index (χ2v) is 6.23. The molecule has 25 heavy (non-hydrogen) atoms. The molecule has 0 aliphatic carbocycles. The third kappa shape index (κ3) is 5.78. The van der Waals surface area contributed by atoms with Gasteiger partial charge in [-0.15, -0.1) is 0 Å². The molecule has 0 aliphatic rings. The SMILES string of the molecule is CC(F)(F)c1ccc(CC(=O)CC(Cc2ccccc2)C(=O)O)cc1. The van der Waals surface area contributed by atoms with Gasteiger partial charge in [0.25, 0.3) is 5.92 Å². The Balaban J connectivity index is 1.98. The maximum atomic E-state index is 13.2. The predicted molar refractivity (Wildman–Crippen MR) is 90.6 cm³/mol. The van der Waals surface area contributed by atoms with Gasteiger partial charge in [-0.3, -0.25) is 9.59 Å². The molecule has 3 nitrogen and oxygen atoms in total. The summed E-state index contributed by atoms with van der Waals surface area (Å²) in [7, 11) is 0. The molecule has 132 valence electrons. The van der Waals surface area contributed by atoms with E-state index in [-0.39, 0.29) is 30.6 Å². The van der Waals surface area contributed by atoms with E-state index in [0.29, 0.717) is 5.56 Å². The highest BCUT2D eigenvalue weighted by molar-refractivity contribution is 5.85. The van der Waals surface area contributed by atoms with E-state index in [1.807, 2.05) is 30.3 Å². The van der Waals surface area contributed by atoms with Crippen molar-refractivity contribution in [3.05, 3.63) is 71.3 Å². The van der Waals surface area contributed by atoms with Crippen LogP contribution in [0.3, 0.4) is 0 Å². The van der Waals surface area contributed by atoms with Crippen molar-refractivity contribution < 1.29 is 23.5 Å². The minimum Gasteiger partial charge on any atom is -0.481 e. The Kier molecular flexibility index (Phi) is 6.02. The summed E-state index contributed by atoms with van der Waals surface area (Å²) in [4.78, 5) is 23.6. The van der Waals surface area contributed by atoms with Crippen LogP contribution in [0.25, 0.3) is 0 Å². The molecule has 0 spiro atoms. The van der Waals surface area contributed by atoms with Crippen LogP contribution >= 0.6 is 0 Å². The number of benzene rings is 2. The number of alkyl halides is 2. The number of aliphatic carboxylic acids is 1. The first-order valence-electron chi connectivity index (χ1n) is 8.01. The molecule has 1 atom stereocenters. The van der Waals surface area contributed by atoms with Crippen LogP contribution in [0.5, 0.6) is 0 Å². The van der Waals surface area contributed by atoms with Gasteiger partial charge in [0.2, 0.25) is 0 Å². The minimum atomic E-state index is -2.92. The second-order valence-electron chi connectivity index (χ2n) is 6.23. The van der Waals surface area contributed by atoms with Gasteiger partial charge in [0.1, 0.15) is 5.78 Å². The number of carbonyl (C=O) groups is 2. The van der Waals surface area contributed by atoms with Crippen LogP contribution in [0.1, 0.15) is 30.0 Å². The third-order valence-corrected chi connectivity index (χ3v) is 4.01. The quantitative estimate of drug-likeness (QED) is 0.778. The summed E-state index contributed by atoms with van der Waals surface area (Å²) in [6, 6.07) is 14.7. The summed E-state index contributed by atoms with van der Waals surface area (Å²) in [5, 5.41) is 9.34. The Morgan fingerprint density at radius 3 is 2.12 bits per heavy atom. The molecule has 1 unspecified atom stereocenters. The lowest BCUT2D eigenvalue weighted by atomic mass is 9.92. The Morgan fingerprint density at radius 1 is 1.00 bits per heavy atom. The average Bonchev–Trinajstić information content (AvgIpc) is 2.54. The van der Waals surface area contributed by atoms with Crippen molar-refractivity contribution in [1.82, 2.24) is 0 Å². The molecule has 1 N–H and O–H groups in total. The van der Waals surface area contributed by atoms with Gasteiger partial charge in [-0.2, -0.15) is 0 Å². The Bertz CT molecular complexity index is 719. The third-order valence-electron chi connectivity index (χ3n) is 4.01. The Morgan fingerprint density at radius 2 is 1.60 bits per heavy atom. The lowest BCUT2D eigenvalue weighted by Crippen LogP contribution is -2.21. The van der Waals surface area contributed by atoms with E-state index in [0.717, 1.165) is 12.5 Å². The summed E-state index contributed by atoms with van der Waals surface area (Å²) < 4.78 is 26.4. The molecule has 0 amide bonds.